The Bertz CT molecular complexity index is 570. The fraction of sp³-hybridized carbons (Fsp3) is 0.667. The minimum atomic E-state index is -5.71. The van der Waals surface area contributed by atoms with Crippen LogP contribution in [0.4, 0.5) is 27.8 Å². The summed E-state index contributed by atoms with van der Waals surface area (Å²) >= 11 is 0. The van der Waals surface area contributed by atoms with Crippen LogP contribution in [0.2, 0.25) is 0 Å². The van der Waals surface area contributed by atoms with Crippen LogP contribution < -0.4 is 5.32 Å². The molecule has 1 N–H and O–H groups in total. The van der Waals surface area contributed by atoms with Crippen LogP contribution in [-0.4, -0.2) is 40.5 Å². The molecule has 2 atom stereocenters. The van der Waals surface area contributed by atoms with Gasteiger partial charge < -0.3 is 10.1 Å². The highest BCUT2D eigenvalue weighted by Gasteiger charge is 2.64. The lowest BCUT2D eigenvalue weighted by molar-refractivity contribution is -0.301. The summed E-state index contributed by atoms with van der Waals surface area (Å²) < 4.78 is 70.4. The first-order valence-corrected chi connectivity index (χ1v) is 6.55. The first-order valence-electron chi connectivity index (χ1n) is 6.55. The zero-order valence-electron chi connectivity index (χ0n) is 11.7. The quantitative estimate of drug-likeness (QED) is 0.685. The van der Waals surface area contributed by atoms with E-state index in [0.717, 1.165) is 6.07 Å². The van der Waals surface area contributed by atoms with Crippen molar-refractivity contribution < 1.29 is 31.5 Å². The zero-order chi connectivity index (χ0) is 16.7. The number of nitrogens with zero attached hydrogens (tertiary/aromatic N) is 2. The molecule has 0 bridgehead atoms. The van der Waals surface area contributed by atoms with Crippen molar-refractivity contribution in [2.24, 2.45) is 0 Å². The lowest BCUT2D eigenvalue weighted by atomic mass is 9.99. The van der Waals surface area contributed by atoms with Crippen LogP contribution in [0, 0.1) is 0 Å². The van der Waals surface area contributed by atoms with Gasteiger partial charge in [-0.15, -0.1) is 0 Å². The second-order valence-corrected chi connectivity index (χ2v) is 5.00. The van der Waals surface area contributed by atoms with Crippen molar-refractivity contribution >= 4 is 11.8 Å². The van der Waals surface area contributed by atoms with Crippen LogP contribution in [0.15, 0.2) is 6.07 Å². The lowest BCUT2D eigenvalue weighted by Gasteiger charge is -2.35. The molecule has 5 nitrogen and oxygen atoms in total. The van der Waals surface area contributed by atoms with E-state index in [1.807, 2.05) is 0 Å². The van der Waals surface area contributed by atoms with Gasteiger partial charge in [0.1, 0.15) is 11.9 Å². The normalized spacial score (nSPS) is 22.0. The number of esters is 1. The Labute approximate surface area is 122 Å². The molecular weight excluding hydrogens is 313 g/mol. The number of rotatable bonds is 3. The molecule has 0 amide bonds. The highest BCUT2D eigenvalue weighted by Crippen LogP contribution is 2.47. The zero-order valence-corrected chi connectivity index (χ0v) is 11.7. The summed E-state index contributed by atoms with van der Waals surface area (Å²) in [5, 5.41) is 6.29. The molecule has 0 fully saturated rings. The highest BCUT2D eigenvalue weighted by atomic mass is 19.4. The molecule has 0 spiro atoms. The van der Waals surface area contributed by atoms with Gasteiger partial charge in [-0.2, -0.15) is 27.1 Å². The van der Waals surface area contributed by atoms with E-state index in [4.69, 9.17) is 0 Å². The molecule has 1 aliphatic rings. The van der Waals surface area contributed by atoms with Crippen LogP contribution >= 0.6 is 0 Å². The van der Waals surface area contributed by atoms with Crippen molar-refractivity contribution in [2.45, 2.75) is 44.5 Å². The summed E-state index contributed by atoms with van der Waals surface area (Å²) in [6, 6.07) is -1.74. The van der Waals surface area contributed by atoms with Gasteiger partial charge in [-0.05, 0) is 20.3 Å². The number of anilines is 1. The van der Waals surface area contributed by atoms with E-state index in [2.05, 4.69) is 15.2 Å². The Balaban J connectivity index is 2.43. The van der Waals surface area contributed by atoms with Crippen LogP contribution in [0.5, 0.6) is 0 Å². The van der Waals surface area contributed by atoms with Gasteiger partial charge >= 0.3 is 18.1 Å². The minimum absolute atomic E-state index is 0.0347. The van der Waals surface area contributed by atoms with E-state index >= 15 is 0 Å². The first kappa shape index (κ1) is 16.5. The second kappa shape index (κ2) is 5.40. The fourth-order valence-corrected chi connectivity index (χ4v) is 2.28. The topological polar surface area (TPSA) is 56.2 Å². The summed E-state index contributed by atoms with van der Waals surface area (Å²) in [5.41, 5.74) is -0.318. The molecule has 1 aliphatic heterocycles. The molecule has 0 aromatic carbocycles. The third-order valence-electron chi connectivity index (χ3n) is 3.28. The van der Waals surface area contributed by atoms with Gasteiger partial charge in [-0.3, -0.25) is 0 Å². The number of ether oxygens (including phenoxy) is 1. The van der Waals surface area contributed by atoms with Crippen LogP contribution in [0.25, 0.3) is 0 Å². The van der Waals surface area contributed by atoms with E-state index < -0.39 is 36.6 Å². The summed E-state index contributed by atoms with van der Waals surface area (Å²) in [4.78, 5) is 11.6. The fourth-order valence-electron chi connectivity index (χ4n) is 2.28. The van der Waals surface area contributed by atoms with E-state index in [1.54, 1.807) is 0 Å². The molecule has 10 heteroatoms. The van der Waals surface area contributed by atoms with Crippen LogP contribution in [0.1, 0.15) is 36.8 Å². The maximum Gasteiger partial charge on any atom is 0.455 e. The third-order valence-corrected chi connectivity index (χ3v) is 3.28. The molecule has 1 aromatic rings. The van der Waals surface area contributed by atoms with Crippen molar-refractivity contribution in [3.8, 4) is 0 Å². The van der Waals surface area contributed by atoms with E-state index in [1.165, 1.54) is 13.8 Å². The number of alkyl halides is 5. The number of fused-ring (bicyclic) bond motifs is 1. The molecule has 22 heavy (non-hydrogen) atoms. The number of carbonyl (C=O) groups is 1. The Morgan fingerprint density at radius 3 is 2.64 bits per heavy atom. The molecule has 1 aromatic heterocycles. The molecule has 0 saturated carbocycles. The third kappa shape index (κ3) is 2.73. The number of aromatic nitrogens is 2. The Hall–Kier alpha value is -1.87. The summed E-state index contributed by atoms with van der Waals surface area (Å²) in [7, 11) is 0. The second-order valence-electron chi connectivity index (χ2n) is 5.00. The minimum Gasteiger partial charge on any atom is -0.461 e. The molecule has 0 unspecified atom stereocenters. The van der Waals surface area contributed by atoms with Gasteiger partial charge in [0.05, 0.1) is 6.61 Å². The Kier molecular flexibility index (Phi) is 4.05. The SMILES string of the molecule is CCOC(=O)c1cc2n(n1)[C@H](C(F)(F)C(F)(F)F)C[C@H](C)N2. The molecule has 0 radical (unpaired) electrons. The van der Waals surface area contributed by atoms with Gasteiger partial charge in [0.2, 0.25) is 0 Å². The lowest BCUT2D eigenvalue weighted by Crippen LogP contribution is -2.48. The van der Waals surface area contributed by atoms with E-state index in [9.17, 15) is 26.7 Å². The number of hydrogen-bond acceptors (Lipinski definition) is 4. The Morgan fingerprint density at radius 2 is 2.09 bits per heavy atom. The van der Waals surface area contributed by atoms with Gasteiger partial charge in [0.25, 0.3) is 0 Å². The molecule has 0 saturated heterocycles. The largest absolute Gasteiger partial charge is 0.461 e. The Morgan fingerprint density at radius 1 is 1.45 bits per heavy atom. The number of carbonyl (C=O) groups excluding carboxylic acids is 1. The standard InChI is InChI=1S/C12H14F5N3O2/c1-3-22-10(21)7-5-9-18-6(2)4-8(20(9)19-7)11(13,14)12(15,16)17/h5-6,8,18H,3-4H2,1-2H3/t6-,8-/m0/s1. The van der Waals surface area contributed by atoms with Gasteiger partial charge in [-0.1, -0.05) is 0 Å². The number of hydrogen-bond donors (Lipinski definition) is 1. The molecule has 2 heterocycles. The maximum atomic E-state index is 13.7. The molecule has 124 valence electrons. The highest BCUT2D eigenvalue weighted by molar-refractivity contribution is 5.88. The average Bonchev–Trinajstić information content (AvgIpc) is 2.80. The maximum absolute atomic E-state index is 13.7. The molecule has 0 aliphatic carbocycles. The van der Waals surface area contributed by atoms with Gasteiger partial charge in [0, 0.05) is 12.1 Å². The van der Waals surface area contributed by atoms with Crippen molar-refractivity contribution in [1.29, 1.82) is 0 Å². The van der Waals surface area contributed by atoms with E-state index in [-0.39, 0.29) is 18.1 Å². The summed E-state index contributed by atoms with van der Waals surface area (Å²) in [5.74, 6) is -5.92. The molecule has 2 rings (SSSR count). The molecular formula is C12H14F5N3O2. The summed E-state index contributed by atoms with van der Waals surface area (Å²) in [6.45, 7) is 3.04. The van der Waals surface area contributed by atoms with Crippen molar-refractivity contribution in [3.63, 3.8) is 0 Å². The van der Waals surface area contributed by atoms with Crippen molar-refractivity contribution in [1.82, 2.24) is 9.78 Å². The van der Waals surface area contributed by atoms with Gasteiger partial charge in [-0.25, -0.2) is 9.48 Å². The number of nitrogens with one attached hydrogen (secondary N) is 1. The van der Waals surface area contributed by atoms with E-state index in [0.29, 0.717) is 4.68 Å². The number of halogens is 5. The van der Waals surface area contributed by atoms with Crippen LogP contribution in [0.3, 0.4) is 0 Å². The smallest absolute Gasteiger partial charge is 0.455 e. The monoisotopic (exact) mass is 327 g/mol. The predicted octanol–water partition coefficient (Wildman–Crippen LogP) is 3.00. The van der Waals surface area contributed by atoms with Crippen molar-refractivity contribution in [3.05, 3.63) is 11.8 Å². The van der Waals surface area contributed by atoms with Gasteiger partial charge in [0.15, 0.2) is 5.69 Å². The van der Waals surface area contributed by atoms with Crippen LogP contribution in [-0.2, 0) is 4.74 Å². The summed E-state index contributed by atoms with van der Waals surface area (Å²) in [6.07, 6.45) is -6.19. The average molecular weight is 327 g/mol. The predicted molar refractivity (Wildman–Crippen MR) is 65.9 cm³/mol. The first-order chi connectivity index (χ1) is 10.1. The van der Waals surface area contributed by atoms with Crippen molar-refractivity contribution in [2.75, 3.05) is 11.9 Å².